The van der Waals surface area contributed by atoms with Crippen LogP contribution in [0.15, 0.2) is 65.4 Å². The van der Waals surface area contributed by atoms with Crippen LogP contribution in [-0.4, -0.2) is 119 Å². The number of carbonyl (C=O) groups excluding carboxylic acids is 6. The summed E-state index contributed by atoms with van der Waals surface area (Å²) < 4.78 is 63.6. The number of likely N-dealkylation sites (tertiary alicyclic amines) is 1. The lowest BCUT2D eigenvalue weighted by Gasteiger charge is -2.35. The summed E-state index contributed by atoms with van der Waals surface area (Å²) in [6.07, 6.45) is 2.77. The van der Waals surface area contributed by atoms with E-state index in [0.29, 0.717) is 51.5 Å². The molecule has 19 heteroatoms. The summed E-state index contributed by atoms with van der Waals surface area (Å²) in [4.78, 5) is 88.7. The van der Waals surface area contributed by atoms with E-state index in [1.54, 1.807) is 30.1 Å². The Labute approximate surface area is 360 Å². The Morgan fingerprint density at radius 2 is 1.69 bits per heavy atom. The maximum atomic E-state index is 15.8. The van der Waals surface area contributed by atoms with Crippen molar-refractivity contribution in [3.63, 3.8) is 0 Å². The number of unbranched alkanes of at least 4 members (excludes halogenated alkanes) is 1. The summed E-state index contributed by atoms with van der Waals surface area (Å²) in [7, 11) is 1.34. The van der Waals surface area contributed by atoms with Gasteiger partial charge in [0.2, 0.25) is 23.6 Å². The zero-order chi connectivity index (χ0) is 44.9. The summed E-state index contributed by atoms with van der Waals surface area (Å²) in [5.41, 5.74) is -3.95. The summed E-state index contributed by atoms with van der Waals surface area (Å²) in [6, 6.07) is 6.20. The number of thiocarbonyl (C=S) groups is 1. The van der Waals surface area contributed by atoms with Gasteiger partial charge in [-0.15, -0.1) is 0 Å². The van der Waals surface area contributed by atoms with E-state index in [2.05, 4.69) is 15.2 Å². The van der Waals surface area contributed by atoms with E-state index in [9.17, 15) is 41.9 Å². The number of allylic oxidation sites excluding steroid dienone is 1. The van der Waals surface area contributed by atoms with E-state index in [1.807, 2.05) is 0 Å². The largest absolute Gasteiger partial charge is 0.494 e. The van der Waals surface area contributed by atoms with Crippen LogP contribution in [0.2, 0.25) is 0 Å². The molecule has 2 aromatic carbocycles. The van der Waals surface area contributed by atoms with Gasteiger partial charge in [-0.2, -0.15) is 13.2 Å². The highest BCUT2D eigenvalue weighted by atomic mass is 32.1. The van der Waals surface area contributed by atoms with E-state index in [4.69, 9.17) is 17.0 Å². The number of piperazine rings is 1. The first-order valence-corrected chi connectivity index (χ1v) is 20.6. The van der Waals surface area contributed by atoms with Gasteiger partial charge in [0.15, 0.2) is 5.11 Å². The van der Waals surface area contributed by atoms with Crippen LogP contribution < -0.4 is 15.1 Å². The quantitative estimate of drug-likeness (QED) is 0.111. The lowest BCUT2D eigenvalue weighted by atomic mass is 9.76. The minimum Gasteiger partial charge on any atom is -0.494 e. The third-order valence-corrected chi connectivity index (χ3v) is 12.4. The number of nitrogens with zero attached hydrogens (tertiary/aromatic N) is 6. The Kier molecular flexibility index (Phi) is 12.0. The second-order valence-electron chi connectivity index (χ2n) is 16.5. The molecule has 0 bridgehead atoms. The smallest absolute Gasteiger partial charge is 0.417 e. The number of hydrogen-bond acceptors (Lipinski definition) is 10. The molecule has 0 aromatic heterocycles. The molecule has 1 aliphatic carbocycles. The van der Waals surface area contributed by atoms with Gasteiger partial charge in [-0.3, -0.25) is 53.8 Å². The monoisotopic (exact) mass is 879 g/mol. The minimum absolute atomic E-state index is 0.0387. The van der Waals surface area contributed by atoms with Crippen molar-refractivity contribution in [2.24, 2.45) is 16.3 Å². The number of piperidine rings is 1. The number of fused-ring (bicyclic) bond motifs is 1. The molecule has 3 atom stereocenters. The first-order chi connectivity index (χ1) is 29.3. The van der Waals surface area contributed by atoms with Gasteiger partial charge in [-0.05, 0) is 101 Å². The first-order valence-electron chi connectivity index (χ1n) is 20.2. The third-order valence-electron chi connectivity index (χ3n) is 12.0. The van der Waals surface area contributed by atoms with Crippen LogP contribution in [0.1, 0.15) is 67.9 Å². The van der Waals surface area contributed by atoms with Crippen LogP contribution in [0.5, 0.6) is 0 Å². The summed E-state index contributed by atoms with van der Waals surface area (Å²) in [5.74, 6) is -4.41. The number of benzene rings is 2. The van der Waals surface area contributed by atoms with Gasteiger partial charge in [-0.1, -0.05) is 12.1 Å². The maximum absolute atomic E-state index is 15.8. The molecular weight excluding hydrogens is 835 g/mol. The topological polar surface area (TPSA) is 152 Å². The Hall–Kier alpha value is -5.82. The van der Waals surface area contributed by atoms with Crippen molar-refractivity contribution in [3.05, 3.63) is 82.9 Å². The molecule has 4 aliphatic heterocycles. The van der Waals surface area contributed by atoms with E-state index in [1.165, 1.54) is 50.1 Å². The summed E-state index contributed by atoms with van der Waals surface area (Å²) >= 11 is 5.61. The molecule has 328 valence electrons. The highest BCUT2D eigenvalue weighted by Gasteiger charge is 2.59. The number of carbonyl (C=O) groups is 6. The summed E-state index contributed by atoms with van der Waals surface area (Å²) in [5, 5.41) is 2.05. The van der Waals surface area contributed by atoms with Gasteiger partial charge in [0.05, 0.1) is 34.8 Å². The molecule has 2 aromatic rings. The van der Waals surface area contributed by atoms with E-state index in [-0.39, 0.29) is 40.5 Å². The van der Waals surface area contributed by atoms with E-state index < -0.39 is 75.9 Å². The number of nitrogens with one attached hydrogen (secondary N) is 1. The van der Waals surface area contributed by atoms with E-state index >= 15 is 4.39 Å². The fourth-order valence-corrected chi connectivity index (χ4v) is 9.13. The number of anilines is 2. The molecule has 4 saturated heterocycles. The molecule has 6 amide bonds. The highest BCUT2D eigenvalue weighted by Crippen LogP contribution is 2.45. The molecule has 62 heavy (non-hydrogen) atoms. The van der Waals surface area contributed by atoms with Crippen LogP contribution in [0.4, 0.5) is 28.9 Å². The minimum atomic E-state index is -4.74. The molecule has 3 unspecified atom stereocenters. The Morgan fingerprint density at radius 1 is 0.984 bits per heavy atom. The third kappa shape index (κ3) is 8.03. The molecule has 4 fully saturated rings. The standard InChI is InChI=1S/C43H45F4N7O7S/c1-41(2)38(59)52(26-8-7-25(24-48-4)31(21-26)43(45,46)47)40(62)54(41)27-9-11-29(32(44)22-27)36(57)51-18-16-50(17-19-51)15-5-6-20-61-28-10-12-30-37(58)53(39(60)42(30,3)23-28)33-13-14-34(55)49-35(33)56/h7-12,21-24,30,33H,5-6,13-20H2,1-4H3,(H,49,55,56). The molecule has 0 radical (unpaired) electrons. The van der Waals surface area contributed by atoms with Gasteiger partial charge in [0.1, 0.15) is 23.2 Å². The SMILES string of the molecule is CN=Cc1ccc(N2C(=O)C(C)(C)N(c3ccc(C(=O)N4CCN(CCCCOC5=CC6(C)C(=O)N(C7CCC(=O)NC7=O)C(=O)C6C=C5)CC4)c(F)c3)C2=S)cc1C(F)(F)F. The van der Waals surface area contributed by atoms with Gasteiger partial charge in [0.25, 0.3) is 11.8 Å². The van der Waals surface area contributed by atoms with Gasteiger partial charge in [0, 0.05) is 57.1 Å². The average molecular weight is 880 g/mol. The number of hydrogen-bond donors (Lipinski definition) is 1. The Bertz CT molecular complexity index is 2340. The average Bonchev–Trinajstić information content (AvgIpc) is 3.52. The molecule has 0 spiro atoms. The van der Waals surface area contributed by atoms with Crippen molar-refractivity contribution in [2.45, 2.75) is 64.2 Å². The number of aliphatic imine (C=N–C) groups is 1. The van der Waals surface area contributed by atoms with Gasteiger partial charge in [-0.25, -0.2) is 4.39 Å². The number of amides is 6. The highest BCUT2D eigenvalue weighted by molar-refractivity contribution is 7.81. The zero-order valence-corrected chi connectivity index (χ0v) is 35.3. The van der Waals surface area contributed by atoms with Crippen LogP contribution in [-0.2, 0) is 34.9 Å². The predicted octanol–water partition coefficient (Wildman–Crippen LogP) is 4.61. The number of halogens is 4. The Balaban J connectivity index is 0.899. The van der Waals surface area contributed by atoms with Gasteiger partial charge < -0.3 is 14.5 Å². The molecule has 5 aliphatic rings. The lowest BCUT2D eigenvalue weighted by Crippen LogP contribution is -2.54. The predicted molar refractivity (Wildman–Crippen MR) is 222 cm³/mol. The van der Waals surface area contributed by atoms with Crippen molar-refractivity contribution in [1.29, 1.82) is 0 Å². The van der Waals surface area contributed by atoms with Crippen molar-refractivity contribution in [1.82, 2.24) is 20.0 Å². The van der Waals surface area contributed by atoms with Crippen LogP contribution >= 0.6 is 12.2 Å². The molecule has 4 heterocycles. The second-order valence-corrected chi connectivity index (χ2v) is 16.8. The maximum Gasteiger partial charge on any atom is 0.417 e. The lowest BCUT2D eigenvalue weighted by molar-refractivity contribution is -0.151. The molecule has 7 rings (SSSR count). The van der Waals surface area contributed by atoms with Crippen LogP contribution in [0, 0.1) is 17.2 Å². The molecular formula is C43H45F4N7O7S. The van der Waals surface area contributed by atoms with Crippen molar-refractivity contribution < 1.29 is 51.1 Å². The number of imide groups is 2. The number of ether oxygens (including phenoxy) is 1. The van der Waals surface area contributed by atoms with Gasteiger partial charge >= 0.3 is 6.18 Å². The fourth-order valence-electron chi connectivity index (χ4n) is 8.61. The Morgan fingerprint density at radius 3 is 2.35 bits per heavy atom. The normalized spacial score (nSPS) is 24.4. The van der Waals surface area contributed by atoms with Crippen molar-refractivity contribution in [3.8, 4) is 0 Å². The fraction of sp³-hybridized carbons (Fsp3) is 0.442. The molecule has 14 nitrogen and oxygen atoms in total. The van der Waals surface area contributed by atoms with Crippen LogP contribution in [0.25, 0.3) is 0 Å². The van der Waals surface area contributed by atoms with Crippen LogP contribution in [0.3, 0.4) is 0 Å². The molecule has 0 saturated carbocycles. The molecule has 1 N–H and O–H groups in total. The number of alkyl halides is 3. The second kappa shape index (κ2) is 16.8. The summed E-state index contributed by atoms with van der Waals surface area (Å²) in [6.45, 7) is 7.56. The van der Waals surface area contributed by atoms with Crippen molar-refractivity contribution in [2.75, 3.05) is 56.2 Å². The zero-order valence-electron chi connectivity index (χ0n) is 34.5. The van der Waals surface area contributed by atoms with E-state index in [0.717, 1.165) is 34.6 Å². The van der Waals surface area contributed by atoms with Crippen molar-refractivity contribution >= 4 is 70.4 Å². The number of rotatable bonds is 11. The first kappa shape index (κ1) is 44.2.